The summed E-state index contributed by atoms with van der Waals surface area (Å²) in [6.07, 6.45) is 1.60. The topological polar surface area (TPSA) is 143 Å². The van der Waals surface area contributed by atoms with Gasteiger partial charge in [0.05, 0.1) is 6.61 Å². The Kier molecular flexibility index (Phi) is 9.97. The zero-order chi connectivity index (χ0) is 30.3. The Morgan fingerprint density at radius 2 is 1.67 bits per heavy atom. The molecule has 0 bridgehead atoms. The van der Waals surface area contributed by atoms with Crippen LogP contribution in [0, 0.1) is 0 Å². The molecule has 1 aromatic heterocycles. The highest BCUT2D eigenvalue weighted by molar-refractivity contribution is 5.97. The highest BCUT2D eigenvalue weighted by atomic mass is 16.6. The summed E-state index contributed by atoms with van der Waals surface area (Å²) in [5.74, 6) is -0.447. The lowest BCUT2D eigenvalue weighted by Crippen LogP contribution is -2.56. The number of nitrogens with zero attached hydrogens (tertiary/aromatic N) is 4. The summed E-state index contributed by atoms with van der Waals surface area (Å²) in [5.41, 5.74) is 0.181. The quantitative estimate of drug-likeness (QED) is 0.405. The largest absolute Gasteiger partial charge is 0.460 e. The molecule has 2 N–H and O–H groups in total. The lowest BCUT2D eigenvalue weighted by atomic mass is 10.1. The van der Waals surface area contributed by atoms with Crippen LogP contribution in [0.1, 0.15) is 63.9 Å². The van der Waals surface area contributed by atoms with Crippen molar-refractivity contribution in [2.75, 3.05) is 38.1 Å². The Bertz CT molecular complexity index is 1270. The number of carbonyl (C=O) groups is 4. The molecule has 226 valence electrons. The third-order valence-electron chi connectivity index (χ3n) is 6.70. The molecule has 2 heterocycles. The maximum absolute atomic E-state index is 13.7. The molecule has 12 nitrogen and oxygen atoms in total. The Balaban J connectivity index is 1.52. The minimum absolute atomic E-state index is 0.0430. The summed E-state index contributed by atoms with van der Waals surface area (Å²) in [6.45, 7) is 8.47. The van der Waals surface area contributed by atoms with Crippen molar-refractivity contribution in [2.45, 2.75) is 71.1 Å². The van der Waals surface area contributed by atoms with Gasteiger partial charge in [0.15, 0.2) is 5.82 Å². The van der Waals surface area contributed by atoms with Crippen LogP contribution in [0.2, 0.25) is 0 Å². The average molecular weight is 581 g/mol. The number of nitrogens with one attached hydrogen (secondary N) is 2. The minimum atomic E-state index is -1.01. The number of aromatic nitrogens is 2. The molecule has 1 unspecified atom stereocenters. The second-order valence-corrected chi connectivity index (χ2v) is 11.4. The standard InChI is InChI=1S/C30H40N6O6/c1-5-41-29(40)36-17-15-35(16-18-36)28(39)22(13-14-25(37)42-30(2,3)4)33-27(38)23-19-24(31-21-11-12-21)34-26(32-23)20-9-7-6-8-10-20/h6-10,19,21-22H,5,11-18H2,1-4H3,(H,33,38)(H,31,32,34). The maximum Gasteiger partial charge on any atom is 0.409 e. The number of amides is 3. The van der Waals surface area contributed by atoms with Gasteiger partial charge in [-0.05, 0) is 47.0 Å². The van der Waals surface area contributed by atoms with Gasteiger partial charge in [0.1, 0.15) is 23.2 Å². The molecule has 1 saturated heterocycles. The number of esters is 1. The lowest BCUT2D eigenvalue weighted by molar-refractivity contribution is -0.155. The molecule has 1 aliphatic carbocycles. The van der Waals surface area contributed by atoms with Crippen molar-refractivity contribution in [1.29, 1.82) is 0 Å². The molecule has 1 saturated carbocycles. The number of ether oxygens (including phenoxy) is 2. The van der Waals surface area contributed by atoms with Gasteiger partial charge in [-0.1, -0.05) is 30.3 Å². The first-order valence-electron chi connectivity index (χ1n) is 14.5. The Morgan fingerprint density at radius 1 is 1.00 bits per heavy atom. The van der Waals surface area contributed by atoms with E-state index >= 15 is 0 Å². The van der Waals surface area contributed by atoms with Crippen LogP contribution in [0.4, 0.5) is 10.6 Å². The normalized spacial score (nSPS) is 15.9. The fourth-order valence-corrected chi connectivity index (χ4v) is 4.48. The highest BCUT2D eigenvalue weighted by Crippen LogP contribution is 2.26. The fourth-order valence-electron chi connectivity index (χ4n) is 4.48. The molecule has 2 aromatic rings. The van der Waals surface area contributed by atoms with E-state index in [2.05, 4.69) is 20.6 Å². The van der Waals surface area contributed by atoms with E-state index in [1.165, 1.54) is 0 Å². The Labute approximate surface area is 246 Å². The molecule has 0 radical (unpaired) electrons. The van der Waals surface area contributed by atoms with Gasteiger partial charge in [-0.15, -0.1) is 0 Å². The van der Waals surface area contributed by atoms with E-state index < -0.39 is 29.6 Å². The van der Waals surface area contributed by atoms with Crippen molar-refractivity contribution in [3.63, 3.8) is 0 Å². The SMILES string of the molecule is CCOC(=O)N1CCN(C(=O)C(CCC(=O)OC(C)(C)C)NC(=O)c2cc(NC3CC3)nc(-c3ccccc3)n2)CC1. The zero-order valence-electron chi connectivity index (χ0n) is 24.7. The fraction of sp³-hybridized carbons (Fsp3) is 0.533. The van der Waals surface area contributed by atoms with E-state index in [1.807, 2.05) is 30.3 Å². The van der Waals surface area contributed by atoms with E-state index in [4.69, 9.17) is 9.47 Å². The minimum Gasteiger partial charge on any atom is -0.460 e. The summed E-state index contributed by atoms with van der Waals surface area (Å²) in [5, 5.41) is 6.14. The lowest BCUT2D eigenvalue weighted by Gasteiger charge is -2.36. The molecule has 1 atom stereocenters. The number of rotatable bonds is 10. The van der Waals surface area contributed by atoms with Gasteiger partial charge in [0, 0.05) is 50.3 Å². The monoisotopic (exact) mass is 580 g/mol. The molecular weight excluding hydrogens is 540 g/mol. The predicted octanol–water partition coefficient (Wildman–Crippen LogP) is 3.24. The number of benzene rings is 1. The van der Waals surface area contributed by atoms with E-state index in [-0.39, 0.29) is 44.1 Å². The first-order chi connectivity index (χ1) is 20.0. The molecule has 3 amide bonds. The van der Waals surface area contributed by atoms with Crippen LogP contribution in [-0.4, -0.2) is 94.1 Å². The van der Waals surface area contributed by atoms with Gasteiger partial charge in [0.2, 0.25) is 5.91 Å². The third-order valence-corrected chi connectivity index (χ3v) is 6.70. The second kappa shape index (κ2) is 13.6. The van der Waals surface area contributed by atoms with Crippen LogP contribution in [0.3, 0.4) is 0 Å². The van der Waals surface area contributed by atoms with E-state index in [1.54, 1.807) is 43.6 Å². The van der Waals surface area contributed by atoms with Crippen molar-refractivity contribution >= 4 is 29.7 Å². The number of hydrogen-bond donors (Lipinski definition) is 2. The van der Waals surface area contributed by atoms with Crippen LogP contribution in [0.5, 0.6) is 0 Å². The third kappa shape index (κ3) is 8.89. The van der Waals surface area contributed by atoms with E-state index in [9.17, 15) is 19.2 Å². The molecule has 12 heteroatoms. The van der Waals surface area contributed by atoms with Crippen molar-refractivity contribution in [3.8, 4) is 11.4 Å². The van der Waals surface area contributed by atoms with Gasteiger partial charge in [-0.3, -0.25) is 14.4 Å². The summed E-state index contributed by atoms with van der Waals surface area (Å²) in [7, 11) is 0. The summed E-state index contributed by atoms with van der Waals surface area (Å²) < 4.78 is 10.5. The van der Waals surface area contributed by atoms with Crippen LogP contribution < -0.4 is 10.6 Å². The maximum atomic E-state index is 13.7. The first-order valence-corrected chi connectivity index (χ1v) is 14.5. The van der Waals surface area contributed by atoms with Gasteiger partial charge < -0.3 is 29.9 Å². The van der Waals surface area contributed by atoms with Crippen molar-refractivity contribution in [1.82, 2.24) is 25.1 Å². The Hall–Kier alpha value is -4.22. The predicted molar refractivity (Wildman–Crippen MR) is 156 cm³/mol. The molecule has 42 heavy (non-hydrogen) atoms. The highest BCUT2D eigenvalue weighted by Gasteiger charge is 2.32. The summed E-state index contributed by atoms with van der Waals surface area (Å²) in [4.78, 5) is 64.1. The summed E-state index contributed by atoms with van der Waals surface area (Å²) in [6, 6.07) is 10.2. The Morgan fingerprint density at radius 3 is 2.29 bits per heavy atom. The molecular formula is C30H40N6O6. The van der Waals surface area contributed by atoms with Crippen molar-refractivity contribution in [3.05, 3.63) is 42.1 Å². The molecule has 2 fully saturated rings. The molecule has 0 spiro atoms. The molecule has 1 aromatic carbocycles. The van der Waals surface area contributed by atoms with Crippen LogP contribution >= 0.6 is 0 Å². The van der Waals surface area contributed by atoms with Crippen LogP contribution in [-0.2, 0) is 19.1 Å². The number of hydrogen-bond acceptors (Lipinski definition) is 9. The average Bonchev–Trinajstić information content (AvgIpc) is 3.78. The number of piperazine rings is 1. The molecule has 4 rings (SSSR count). The van der Waals surface area contributed by atoms with Gasteiger partial charge in [0.25, 0.3) is 5.91 Å². The van der Waals surface area contributed by atoms with E-state index in [0.29, 0.717) is 30.8 Å². The molecule has 2 aliphatic rings. The summed E-state index contributed by atoms with van der Waals surface area (Å²) >= 11 is 0. The number of carbonyl (C=O) groups excluding carboxylic acids is 4. The molecule has 1 aliphatic heterocycles. The van der Waals surface area contributed by atoms with Crippen LogP contribution in [0.15, 0.2) is 36.4 Å². The second-order valence-electron chi connectivity index (χ2n) is 11.4. The van der Waals surface area contributed by atoms with Gasteiger partial charge in [-0.2, -0.15) is 0 Å². The zero-order valence-corrected chi connectivity index (χ0v) is 24.7. The van der Waals surface area contributed by atoms with Gasteiger partial charge in [-0.25, -0.2) is 14.8 Å². The smallest absolute Gasteiger partial charge is 0.409 e. The van der Waals surface area contributed by atoms with Gasteiger partial charge >= 0.3 is 12.1 Å². The number of anilines is 1. The van der Waals surface area contributed by atoms with E-state index in [0.717, 1.165) is 18.4 Å². The van der Waals surface area contributed by atoms with Crippen molar-refractivity contribution < 1.29 is 28.7 Å². The van der Waals surface area contributed by atoms with Crippen molar-refractivity contribution in [2.24, 2.45) is 0 Å². The first kappa shape index (κ1) is 30.7. The van der Waals surface area contributed by atoms with Crippen LogP contribution in [0.25, 0.3) is 11.4 Å².